The molecule has 1 aliphatic rings. The number of aliphatic hydroxyl groups excluding tert-OH is 1. The Morgan fingerprint density at radius 1 is 0.897 bits per heavy atom. The molecule has 0 spiro atoms. The average Bonchev–Trinajstić information content (AvgIpc) is 3.13. The molecule has 1 amide bonds. The SMILES string of the molecule is Cc1ccc(C(C)(C)C)cc1/C(O)=C1\C(=O)C(=O)N(c2ccc(C(C)C)cc2)C1c1ccc(OC(C)C)cc1. The Morgan fingerprint density at radius 3 is 2.05 bits per heavy atom. The van der Waals surface area contributed by atoms with Crippen LogP contribution in [0.25, 0.3) is 5.76 Å². The molecule has 1 saturated heterocycles. The summed E-state index contributed by atoms with van der Waals surface area (Å²) in [6, 6.07) is 20.2. The van der Waals surface area contributed by atoms with Crippen LogP contribution < -0.4 is 9.64 Å². The molecule has 1 heterocycles. The number of aryl methyl sites for hydroxylation is 1. The maximum atomic E-state index is 13.6. The molecule has 0 radical (unpaired) electrons. The third-order valence-corrected chi connectivity index (χ3v) is 7.21. The number of amides is 1. The highest BCUT2D eigenvalue weighted by Crippen LogP contribution is 2.43. The van der Waals surface area contributed by atoms with Crippen molar-refractivity contribution in [3.05, 3.63) is 100 Å². The van der Waals surface area contributed by atoms with E-state index in [9.17, 15) is 14.7 Å². The highest BCUT2D eigenvalue weighted by Gasteiger charge is 2.47. The normalized spacial score (nSPS) is 17.4. The van der Waals surface area contributed by atoms with Crippen molar-refractivity contribution in [2.45, 2.75) is 78.9 Å². The summed E-state index contributed by atoms with van der Waals surface area (Å²) < 4.78 is 5.82. The number of nitrogens with zero attached hydrogens (tertiary/aromatic N) is 1. The van der Waals surface area contributed by atoms with Gasteiger partial charge in [-0.05, 0) is 84.7 Å². The van der Waals surface area contributed by atoms with E-state index in [4.69, 9.17) is 4.74 Å². The minimum absolute atomic E-state index is 0.0130. The van der Waals surface area contributed by atoms with Gasteiger partial charge in [0.1, 0.15) is 11.5 Å². The summed E-state index contributed by atoms with van der Waals surface area (Å²) in [6.07, 6.45) is 0.0130. The van der Waals surface area contributed by atoms with Crippen LogP contribution in [-0.2, 0) is 15.0 Å². The molecule has 5 heteroatoms. The van der Waals surface area contributed by atoms with Crippen LogP contribution in [0, 0.1) is 6.92 Å². The Labute approximate surface area is 232 Å². The largest absolute Gasteiger partial charge is 0.507 e. The molecule has 39 heavy (non-hydrogen) atoms. The number of anilines is 1. The monoisotopic (exact) mass is 525 g/mol. The van der Waals surface area contributed by atoms with Crippen LogP contribution in [0.3, 0.4) is 0 Å². The lowest BCUT2D eigenvalue weighted by Gasteiger charge is -2.26. The van der Waals surface area contributed by atoms with Crippen LogP contribution in [0.2, 0.25) is 0 Å². The molecular formula is C34H39NO4. The lowest BCUT2D eigenvalue weighted by molar-refractivity contribution is -0.132. The minimum Gasteiger partial charge on any atom is -0.507 e. The molecule has 1 fully saturated rings. The Morgan fingerprint density at radius 2 is 1.51 bits per heavy atom. The van der Waals surface area contributed by atoms with Gasteiger partial charge in [0.25, 0.3) is 11.7 Å². The number of Topliss-reactive ketones (excluding diaryl/α,β-unsaturated/α-hetero) is 1. The number of hydrogen-bond acceptors (Lipinski definition) is 4. The predicted octanol–water partition coefficient (Wildman–Crippen LogP) is 7.83. The van der Waals surface area contributed by atoms with E-state index in [1.807, 2.05) is 87.5 Å². The van der Waals surface area contributed by atoms with Gasteiger partial charge < -0.3 is 9.84 Å². The number of carbonyl (C=O) groups excluding carboxylic acids is 2. The topological polar surface area (TPSA) is 66.8 Å². The summed E-state index contributed by atoms with van der Waals surface area (Å²) in [7, 11) is 0. The summed E-state index contributed by atoms with van der Waals surface area (Å²) in [6.45, 7) is 16.3. The highest BCUT2D eigenvalue weighted by molar-refractivity contribution is 6.51. The summed E-state index contributed by atoms with van der Waals surface area (Å²) in [5.74, 6) is -0.497. The van der Waals surface area contributed by atoms with E-state index in [1.54, 1.807) is 0 Å². The first kappa shape index (κ1) is 28.2. The van der Waals surface area contributed by atoms with E-state index in [-0.39, 0.29) is 22.9 Å². The van der Waals surface area contributed by atoms with Gasteiger partial charge in [-0.1, -0.05) is 71.0 Å². The van der Waals surface area contributed by atoms with E-state index < -0.39 is 17.7 Å². The second-order valence-electron chi connectivity index (χ2n) is 11.9. The Hall–Kier alpha value is -3.86. The van der Waals surface area contributed by atoms with Crippen LogP contribution in [-0.4, -0.2) is 22.9 Å². The summed E-state index contributed by atoms with van der Waals surface area (Å²) in [5.41, 5.74) is 4.79. The van der Waals surface area contributed by atoms with Crippen LogP contribution in [0.5, 0.6) is 5.75 Å². The second-order valence-corrected chi connectivity index (χ2v) is 11.9. The minimum atomic E-state index is -0.791. The van der Waals surface area contributed by atoms with E-state index >= 15 is 0 Å². The molecule has 204 valence electrons. The molecule has 0 saturated carbocycles. The number of ether oxygens (including phenoxy) is 1. The van der Waals surface area contributed by atoms with Crippen LogP contribution in [0.15, 0.2) is 72.3 Å². The lowest BCUT2D eigenvalue weighted by Crippen LogP contribution is -2.29. The molecule has 1 atom stereocenters. The molecule has 1 aliphatic heterocycles. The van der Waals surface area contributed by atoms with Crippen molar-refractivity contribution in [3.8, 4) is 5.75 Å². The predicted molar refractivity (Wildman–Crippen MR) is 157 cm³/mol. The third kappa shape index (κ3) is 5.63. The number of aliphatic hydroxyl groups is 1. The number of benzene rings is 3. The summed E-state index contributed by atoms with van der Waals surface area (Å²) in [5, 5.41) is 11.7. The van der Waals surface area contributed by atoms with Gasteiger partial charge in [-0.3, -0.25) is 14.5 Å². The molecule has 0 aromatic heterocycles. The van der Waals surface area contributed by atoms with Crippen molar-refractivity contribution in [1.29, 1.82) is 0 Å². The first-order valence-electron chi connectivity index (χ1n) is 13.6. The van der Waals surface area contributed by atoms with E-state index in [1.165, 1.54) is 4.90 Å². The zero-order chi connectivity index (χ0) is 28.6. The van der Waals surface area contributed by atoms with Crippen molar-refractivity contribution in [2.75, 3.05) is 4.90 Å². The van der Waals surface area contributed by atoms with Gasteiger partial charge in [0, 0.05) is 11.3 Å². The van der Waals surface area contributed by atoms with Gasteiger partial charge in [-0.15, -0.1) is 0 Å². The van der Waals surface area contributed by atoms with Crippen molar-refractivity contribution < 1.29 is 19.4 Å². The Kier molecular flexibility index (Phi) is 7.74. The molecule has 0 bridgehead atoms. The van der Waals surface area contributed by atoms with Gasteiger partial charge in [0.05, 0.1) is 17.7 Å². The summed E-state index contributed by atoms with van der Waals surface area (Å²) in [4.78, 5) is 28.7. The number of hydrogen-bond donors (Lipinski definition) is 1. The maximum Gasteiger partial charge on any atom is 0.300 e. The van der Waals surface area contributed by atoms with Crippen LogP contribution >= 0.6 is 0 Å². The molecule has 3 aromatic rings. The van der Waals surface area contributed by atoms with Gasteiger partial charge in [-0.2, -0.15) is 0 Å². The van der Waals surface area contributed by atoms with Gasteiger partial charge in [-0.25, -0.2) is 0 Å². The second kappa shape index (κ2) is 10.7. The van der Waals surface area contributed by atoms with Gasteiger partial charge in [0.2, 0.25) is 0 Å². The molecule has 1 unspecified atom stereocenters. The molecule has 0 aliphatic carbocycles. The third-order valence-electron chi connectivity index (χ3n) is 7.21. The Balaban J connectivity index is 1.92. The molecule has 3 aromatic carbocycles. The van der Waals surface area contributed by atoms with Crippen LogP contribution in [0.4, 0.5) is 5.69 Å². The smallest absolute Gasteiger partial charge is 0.300 e. The van der Waals surface area contributed by atoms with E-state index in [0.717, 1.165) is 16.7 Å². The fraction of sp³-hybridized carbons (Fsp3) is 0.353. The maximum absolute atomic E-state index is 13.6. The Bertz CT molecular complexity index is 1410. The standard InChI is InChI=1S/C34H39NO4/c1-20(2)23-10-15-26(16-11-23)35-30(24-12-17-27(18-13-24)39-21(3)4)29(32(37)33(35)38)31(36)28-19-25(34(6,7)8)14-9-22(28)5/h9-21,30,36H,1-8H3/b31-29+. The van der Waals surface area contributed by atoms with Gasteiger partial charge >= 0.3 is 0 Å². The molecular weight excluding hydrogens is 486 g/mol. The van der Waals surface area contributed by atoms with E-state index in [2.05, 4.69) is 34.6 Å². The molecule has 5 nitrogen and oxygen atoms in total. The van der Waals surface area contributed by atoms with Gasteiger partial charge in [0.15, 0.2) is 0 Å². The zero-order valence-electron chi connectivity index (χ0n) is 24.2. The van der Waals surface area contributed by atoms with Crippen molar-refractivity contribution in [3.63, 3.8) is 0 Å². The van der Waals surface area contributed by atoms with E-state index in [0.29, 0.717) is 28.5 Å². The van der Waals surface area contributed by atoms with Crippen molar-refractivity contribution >= 4 is 23.1 Å². The quantitative estimate of drug-likeness (QED) is 0.202. The van der Waals surface area contributed by atoms with Crippen molar-refractivity contribution in [2.24, 2.45) is 0 Å². The zero-order valence-corrected chi connectivity index (χ0v) is 24.2. The van der Waals surface area contributed by atoms with Crippen molar-refractivity contribution in [1.82, 2.24) is 0 Å². The summed E-state index contributed by atoms with van der Waals surface area (Å²) >= 11 is 0. The number of carbonyl (C=O) groups is 2. The van der Waals surface area contributed by atoms with Crippen LogP contribution in [0.1, 0.15) is 88.2 Å². The fourth-order valence-corrected chi connectivity index (χ4v) is 4.92. The average molecular weight is 526 g/mol. The first-order valence-corrected chi connectivity index (χ1v) is 13.6. The number of ketones is 1. The lowest BCUT2D eigenvalue weighted by atomic mass is 9.84. The fourth-order valence-electron chi connectivity index (χ4n) is 4.92. The number of rotatable bonds is 6. The molecule has 4 rings (SSSR count). The highest BCUT2D eigenvalue weighted by atomic mass is 16.5. The first-order chi connectivity index (χ1) is 18.3. The molecule has 1 N–H and O–H groups in total.